The molecule has 0 aliphatic carbocycles. The summed E-state index contributed by atoms with van der Waals surface area (Å²) < 4.78 is 5.21. The van der Waals surface area contributed by atoms with E-state index in [0.29, 0.717) is 13.1 Å². The molecule has 0 bridgehead atoms. The van der Waals surface area contributed by atoms with E-state index in [2.05, 4.69) is 27.7 Å². The van der Waals surface area contributed by atoms with E-state index in [-0.39, 0.29) is 18.0 Å². The summed E-state index contributed by atoms with van der Waals surface area (Å²) in [6, 6.07) is 16.0. The van der Waals surface area contributed by atoms with Gasteiger partial charge in [0, 0.05) is 37.2 Å². The van der Waals surface area contributed by atoms with Crippen molar-refractivity contribution < 1.29 is 9.53 Å². The molecule has 0 unspecified atom stereocenters. The molecule has 0 saturated carbocycles. The van der Waals surface area contributed by atoms with E-state index in [1.807, 2.05) is 43.3 Å². The fraction of sp³-hybridized carbons (Fsp3) is 0.409. The van der Waals surface area contributed by atoms with Crippen LogP contribution in [0.1, 0.15) is 24.5 Å². The second kappa shape index (κ2) is 9.92. The van der Waals surface area contributed by atoms with E-state index in [9.17, 15) is 4.79 Å². The molecule has 28 heavy (non-hydrogen) atoms. The van der Waals surface area contributed by atoms with Crippen LogP contribution in [0.4, 0.5) is 0 Å². The van der Waals surface area contributed by atoms with Crippen LogP contribution in [0.3, 0.4) is 0 Å². The van der Waals surface area contributed by atoms with Gasteiger partial charge in [0.25, 0.3) is 0 Å². The SMILES string of the molecule is CCNC(=O)[C@@H]1C[C@H](NCc2ccc(OC)cc2)CN1Cc1ccccc1Cl. The van der Waals surface area contributed by atoms with Crippen LogP contribution in [-0.2, 0) is 17.9 Å². The van der Waals surface area contributed by atoms with Crippen LogP contribution >= 0.6 is 11.6 Å². The Morgan fingerprint density at radius 1 is 1.21 bits per heavy atom. The molecular weight excluding hydrogens is 374 g/mol. The van der Waals surface area contributed by atoms with Crippen molar-refractivity contribution in [3.05, 3.63) is 64.7 Å². The molecule has 150 valence electrons. The molecule has 1 aliphatic heterocycles. The third-order valence-corrected chi connectivity index (χ3v) is 5.51. The highest BCUT2D eigenvalue weighted by molar-refractivity contribution is 6.31. The minimum Gasteiger partial charge on any atom is -0.497 e. The average Bonchev–Trinajstić information content (AvgIpc) is 3.11. The molecule has 1 aliphatic rings. The first-order valence-corrected chi connectivity index (χ1v) is 10.1. The van der Waals surface area contributed by atoms with Gasteiger partial charge in [-0.05, 0) is 42.7 Å². The zero-order valence-electron chi connectivity index (χ0n) is 16.5. The molecule has 6 heteroatoms. The van der Waals surface area contributed by atoms with Crippen LogP contribution in [0, 0.1) is 0 Å². The van der Waals surface area contributed by atoms with Gasteiger partial charge in [0.1, 0.15) is 5.75 Å². The molecule has 0 spiro atoms. The summed E-state index contributed by atoms with van der Waals surface area (Å²) in [5.41, 5.74) is 2.24. The van der Waals surface area contributed by atoms with Crippen molar-refractivity contribution in [1.29, 1.82) is 0 Å². The maximum Gasteiger partial charge on any atom is 0.237 e. The summed E-state index contributed by atoms with van der Waals surface area (Å²) >= 11 is 6.34. The highest BCUT2D eigenvalue weighted by Crippen LogP contribution is 2.24. The van der Waals surface area contributed by atoms with Crippen LogP contribution < -0.4 is 15.4 Å². The Bertz CT molecular complexity index is 782. The highest BCUT2D eigenvalue weighted by Gasteiger charge is 2.36. The van der Waals surface area contributed by atoms with E-state index in [1.165, 1.54) is 5.56 Å². The van der Waals surface area contributed by atoms with Gasteiger partial charge in [0.2, 0.25) is 5.91 Å². The third kappa shape index (κ3) is 5.25. The van der Waals surface area contributed by atoms with Crippen molar-refractivity contribution in [1.82, 2.24) is 15.5 Å². The fourth-order valence-corrected chi connectivity index (χ4v) is 3.84. The summed E-state index contributed by atoms with van der Waals surface area (Å²) in [4.78, 5) is 14.8. The van der Waals surface area contributed by atoms with E-state index >= 15 is 0 Å². The number of halogens is 1. The van der Waals surface area contributed by atoms with Crippen LogP contribution in [0.5, 0.6) is 5.75 Å². The summed E-state index contributed by atoms with van der Waals surface area (Å²) in [6.45, 7) is 4.83. The monoisotopic (exact) mass is 401 g/mol. The van der Waals surface area contributed by atoms with Crippen molar-refractivity contribution in [2.75, 3.05) is 20.2 Å². The Hall–Kier alpha value is -2.08. The first kappa shape index (κ1) is 20.6. The highest BCUT2D eigenvalue weighted by atomic mass is 35.5. The fourth-order valence-electron chi connectivity index (χ4n) is 3.64. The minimum atomic E-state index is -0.149. The maximum atomic E-state index is 12.6. The van der Waals surface area contributed by atoms with Gasteiger partial charge in [0.15, 0.2) is 0 Å². The number of hydrogen-bond donors (Lipinski definition) is 2. The number of benzene rings is 2. The summed E-state index contributed by atoms with van der Waals surface area (Å²) in [7, 11) is 1.67. The Kier molecular flexibility index (Phi) is 7.31. The number of nitrogens with one attached hydrogen (secondary N) is 2. The number of likely N-dealkylation sites (N-methyl/N-ethyl adjacent to an activating group) is 1. The Labute approximate surface area is 172 Å². The van der Waals surface area contributed by atoms with Gasteiger partial charge in [-0.15, -0.1) is 0 Å². The topological polar surface area (TPSA) is 53.6 Å². The molecule has 2 aromatic rings. The summed E-state index contributed by atoms with van der Waals surface area (Å²) in [5, 5.41) is 7.31. The molecule has 1 fully saturated rings. The van der Waals surface area contributed by atoms with E-state index < -0.39 is 0 Å². The number of carbonyl (C=O) groups excluding carboxylic acids is 1. The molecule has 1 saturated heterocycles. The molecule has 0 aromatic heterocycles. The first-order chi connectivity index (χ1) is 13.6. The van der Waals surface area contributed by atoms with Gasteiger partial charge < -0.3 is 15.4 Å². The smallest absolute Gasteiger partial charge is 0.237 e. The van der Waals surface area contributed by atoms with E-state index in [4.69, 9.17) is 16.3 Å². The molecule has 2 aromatic carbocycles. The lowest BCUT2D eigenvalue weighted by molar-refractivity contribution is -0.125. The largest absolute Gasteiger partial charge is 0.497 e. The molecule has 1 amide bonds. The lowest BCUT2D eigenvalue weighted by atomic mass is 10.1. The molecule has 2 N–H and O–H groups in total. The number of nitrogens with zero attached hydrogens (tertiary/aromatic N) is 1. The predicted molar refractivity (Wildman–Crippen MR) is 113 cm³/mol. The second-order valence-electron chi connectivity index (χ2n) is 7.09. The van der Waals surface area contributed by atoms with Gasteiger partial charge in [0.05, 0.1) is 13.2 Å². The van der Waals surface area contributed by atoms with Crippen molar-refractivity contribution in [3.8, 4) is 5.75 Å². The van der Waals surface area contributed by atoms with E-state index in [0.717, 1.165) is 35.8 Å². The number of methoxy groups -OCH3 is 1. The number of likely N-dealkylation sites (tertiary alicyclic amines) is 1. The predicted octanol–water partition coefficient (Wildman–Crippen LogP) is 3.22. The molecular formula is C22H28ClN3O2. The van der Waals surface area contributed by atoms with Gasteiger partial charge in [-0.3, -0.25) is 9.69 Å². The number of hydrogen-bond acceptors (Lipinski definition) is 4. The second-order valence-corrected chi connectivity index (χ2v) is 7.50. The van der Waals surface area contributed by atoms with Crippen molar-refractivity contribution >= 4 is 17.5 Å². The zero-order valence-corrected chi connectivity index (χ0v) is 17.2. The summed E-state index contributed by atoms with van der Waals surface area (Å²) in [6.07, 6.45) is 0.784. The minimum absolute atomic E-state index is 0.0864. The number of rotatable bonds is 8. The maximum absolute atomic E-state index is 12.6. The van der Waals surface area contributed by atoms with Gasteiger partial charge in [-0.25, -0.2) is 0 Å². The normalized spacial score (nSPS) is 19.5. The van der Waals surface area contributed by atoms with Crippen molar-refractivity contribution in [2.45, 2.75) is 38.5 Å². The molecule has 1 heterocycles. The lowest BCUT2D eigenvalue weighted by Gasteiger charge is -2.23. The first-order valence-electron chi connectivity index (χ1n) is 9.72. The Morgan fingerprint density at radius 3 is 2.64 bits per heavy atom. The Balaban J connectivity index is 1.64. The molecule has 5 nitrogen and oxygen atoms in total. The lowest BCUT2D eigenvalue weighted by Crippen LogP contribution is -2.42. The third-order valence-electron chi connectivity index (χ3n) is 5.14. The van der Waals surface area contributed by atoms with Gasteiger partial charge in [-0.2, -0.15) is 0 Å². The quantitative estimate of drug-likeness (QED) is 0.713. The Morgan fingerprint density at radius 2 is 1.96 bits per heavy atom. The average molecular weight is 402 g/mol. The molecule has 3 rings (SSSR count). The number of amides is 1. The molecule has 0 radical (unpaired) electrons. The van der Waals surface area contributed by atoms with Crippen LogP contribution in [0.2, 0.25) is 5.02 Å². The standard InChI is InChI=1S/C22H28ClN3O2/c1-3-24-22(27)21-12-18(25-13-16-8-10-19(28-2)11-9-16)15-26(21)14-17-6-4-5-7-20(17)23/h4-11,18,21,25H,3,12-15H2,1-2H3,(H,24,27)/t18-,21-/m0/s1. The van der Waals surface area contributed by atoms with Crippen molar-refractivity contribution in [2.24, 2.45) is 0 Å². The van der Waals surface area contributed by atoms with Crippen LogP contribution in [0.15, 0.2) is 48.5 Å². The van der Waals surface area contributed by atoms with Crippen LogP contribution in [0.25, 0.3) is 0 Å². The van der Waals surface area contributed by atoms with Gasteiger partial charge in [-0.1, -0.05) is 41.9 Å². The number of ether oxygens (including phenoxy) is 1. The zero-order chi connectivity index (χ0) is 19.9. The van der Waals surface area contributed by atoms with E-state index in [1.54, 1.807) is 7.11 Å². The van der Waals surface area contributed by atoms with Gasteiger partial charge >= 0.3 is 0 Å². The van der Waals surface area contributed by atoms with Crippen molar-refractivity contribution in [3.63, 3.8) is 0 Å². The molecule has 2 atom stereocenters. The van der Waals surface area contributed by atoms with Crippen LogP contribution in [-0.4, -0.2) is 43.1 Å². The number of carbonyl (C=O) groups is 1. The summed E-state index contributed by atoms with van der Waals surface area (Å²) in [5.74, 6) is 0.940.